The van der Waals surface area contributed by atoms with Gasteiger partial charge < -0.3 is 10.3 Å². The van der Waals surface area contributed by atoms with E-state index in [0.29, 0.717) is 24.7 Å². The molecule has 16 heavy (non-hydrogen) atoms. The van der Waals surface area contributed by atoms with Gasteiger partial charge in [-0.15, -0.1) is 11.3 Å². The van der Waals surface area contributed by atoms with Crippen LogP contribution in [0, 0.1) is 6.92 Å². The van der Waals surface area contributed by atoms with E-state index in [1.807, 2.05) is 19.2 Å². The van der Waals surface area contributed by atoms with E-state index in [2.05, 4.69) is 15.1 Å². The van der Waals surface area contributed by atoms with Gasteiger partial charge in [0.05, 0.1) is 6.42 Å². The maximum absolute atomic E-state index is 5.53. The SMILES string of the molecule is Cc1csc(Cc2noc(C(C)CN)n2)n1. The van der Waals surface area contributed by atoms with Gasteiger partial charge in [-0.1, -0.05) is 12.1 Å². The first-order valence-electron chi connectivity index (χ1n) is 5.12. The lowest BCUT2D eigenvalue weighted by Crippen LogP contribution is -2.09. The third-order valence-electron chi connectivity index (χ3n) is 2.23. The van der Waals surface area contributed by atoms with Crippen molar-refractivity contribution in [2.45, 2.75) is 26.2 Å². The first kappa shape index (κ1) is 11.2. The molecule has 86 valence electrons. The summed E-state index contributed by atoms with van der Waals surface area (Å²) < 4.78 is 5.13. The molecule has 2 aromatic heterocycles. The highest BCUT2D eigenvalue weighted by Crippen LogP contribution is 2.15. The van der Waals surface area contributed by atoms with Gasteiger partial charge in [0, 0.05) is 23.5 Å². The maximum atomic E-state index is 5.53. The van der Waals surface area contributed by atoms with Gasteiger partial charge in [-0.3, -0.25) is 0 Å². The molecule has 1 atom stereocenters. The summed E-state index contributed by atoms with van der Waals surface area (Å²) in [7, 11) is 0. The van der Waals surface area contributed by atoms with Gasteiger partial charge in [0.15, 0.2) is 5.82 Å². The predicted molar refractivity (Wildman–Crippen MR) is 61.4 cm³/mol. The van der Waals surface area contributed by atoms with Crippen LogP contribution in [0.2, 0.25) is 0 Å². The Hall–Kier alpha value is -1.27. The molecule has 1 unspecified atom stereocenters. The third kappa shape index (κ3) is 2.45. The van der Waals surface area contributed by atoms with Gasteiger partial charge in [0.1, 0.15) is 5.01 Å². The Morgan fingerprint density at radius 3 is 2.94 bits per heavy atom. The first-order chi connectivity index (χ1) is 7.69. The Labute approximate surface area is 97.7 Å². The molecule has 0 amide bonds. The maximum Gasteiger partial charge on any atom is 0.230 e. The summed E-state index contributed by atoms with van der Waals surface area (Å²) in [6, 6.07) is 0. The molecule has 0 bridgehead atoms. The van der Waals surface area contributed by atoms with Crippen molar-refractivity contribution in [3.8, 4) is 0 Å². The quantitative estimate of drug-likeness (QED) is 0.873. The minimum absolute atomic E-state index is 0.110. The number of rotatable bonds is 4. The van der Waals surface area contributed by atoms with E-state index in [4.69, 9.17) is 10.3 Å². The van der Waals surface area contributed by atoms with Crippen LogP contribution in [0.3, 0.4) is 0 Å². The van der Waals surface area contributed by atoms with E-state index in [9.17, 15) is 0 Å². The lowest BCUT2D eigenvalue weighted by Gasteiger charge is -1.98. The minimum Gasteiger partial charge on any atom is -0.339 e. The monoisotopic (exact) mass is 238 g/mol. The molecular formula is C10H14N4OS. The van der Waals surface area contributed by atoms with Crippen LogP contribution >= 0.6 is 11.3 Å². The van der Waals surface area contributed by atoms with Gasteiger partial charge in [-0.05, 0) is 6.92 Å². The molecule has 2 N–H and O–H groups in total. The second-order valence-electron chi connectivity index (χ2n) is 3.74. The normalized spacial score (nSPS) is 12.9. The molecule has 0 fully saturated rings. The van der Waals surface area contributed by atoms with Gasteiger partial charge in [-0.2, -0.15) is 4.98 Å². The Bertz CT molecular complexity index is 465. The fourth-order valence-electron chi connectivity index (χ4n) is 1.26. The number of hydrogen-bond acceptors (Lipinski definition) is 6. The molecular weight excluding hydrogens is 224 g/mol. The fraction of sp³-hybridized carbons (Fsp3) is 0.500. The van der Waals surface area contributed by atoms with Crippen molar-refractivity contribution in [2.75, 3.05) is 6.54 Å². The topological polar surface area (TPSA) is 77.8 Å². The van der Waals surface area contributed by atoms with Crippen molar-refractivity contribution < 1.29 is 4.52 Å². The lowest BCUT2D eigenvalue weighted by molar-refractivity contribution is 0.357. The van der Waals surface area contributed by atoms with E-state index >= 15 is 0 Å². The number of hydrogen-bond donors (Lipinski definition) is 1. The summed E-state index contributed by atoms with van der Waals surface area (Å²) in [5, 5.41) is 6.93. The molecule has 0 saturated heterocycles. The smallest absolute Gasteiger partial charge is 0.230 e. The minimum atomic E-state index is 0.110. The van der Waals surface area contributed by atoms with Crippen molar-refractivity contribution in [3.05, 3.63) is 27.8 Å². The summed E-state index contributed by atoms with van der Waals surface area (Å²) >= 11 is 1.61. The fourth-order valence-corrected chi connectivity index (χ4v) is 2.03. The molecule has 0 aromatic carbocycles. The second kappa shape index (κ2) is 4.71. The van der Waals surface area contributed by atoms with Gasteiger partial charge in [0.25, 0.3) is 0 Å². The molecule has 6 heteroatoms. The number of nitrogens with two attached hydrogens (primary N) is 1. The average molecular weight is 238 g/mol. The summed E-state index contributed by atoms with van der Waals surface area (Å²) in [5.41, 5.74) is 6.56. The van der Waals surface area contributed by atoms with E-state index in [1.54, 1.807) is 11.3 Å². The molecule has 0 aliphatic rings. The Balaban J connectivity index is 2.08. The number of aromatic nitrogens is 3. The first-order valence-corrected chi connectivity index (χ1v) is 6.00. The summed E-state index contributed by atoms with van der Waals surface area (Å²) in [4.78, 5) is 8.65. The van der Waals surface area contributed by atoms with Gasteiger partial charge in [-0.25, -0.2) is 4.98 Å². The van der Waals surface area contributed by atoms with E-state index in [1.165, 1.54) is 0 Å². The van der Waals surface area contributed by atoms with Crippen molar-refractivity contribution in [2.24, 2.45) is 5.73 Å². The molecule has 2 heterocycles. The third-order valence-corrected chi connectivity index (χ3v) is 3.20. The van der Waals surface area contributed by atoms with Crippen molar-refractivity contribution in [1.82, 2.24) is 15.1 Å². The largest absolute Gasteiger partial charge is 0.339 e. The highest BCUT2D eigenvalue weighted by molar-refractivity contribution is 7.09. The highest BCUT2D eigenvalue weighted by Gasteiger charge is 2.13. The molecule has 2 rings (SSSR count). The lowest BCUT2D eigenvalue weighted by atomic mass is 10.2. The molecule has 0 aliphatic carbocycles. The Kier molecular flexibility index (Phi) is 3.31. The molecule has 0 spiro atoms. The molecule has 0 saturated carbocycles. The molecule has 5 nitrogen and oxygen atoms in total. The van der Waals surface area contributed by atoms with Gasteiger partial charge >= 0.3 is 0 Å². The zero-order valence-corrected chi connectivity index (χ0v) is 10.1. The standard InChI is InChI=1S/C10H14N4OS/c1-6(4-11)10-13-8(14-15-10)3-9-12-7(2)5-16-9/h5-6H,3-4,11H2,1-2H3. The van der Waals surface area contributed by atoms with Crippen LogP contribution in [0.15, 0.2) is 9.90 Å². The number of aryl methyl sites for hydroxylation is 1. The van der Waals surface area contributed by atoms with Gasteiger partial charge in [0.2, 0.25) is 5.89 Å². The zero-order chi connectivity index (χ0) is 11.5. The summed E-state index contributed by atoms with van der Waals surface area (Å²) in [6.07, 6.45) is 0.624. The van der Waals surface area contributed by atoms with Crippen LogP contribution in [-0.4, -0.2) is 21.7 Å². The summed E-state index contributed by atoms with van der Waals surface area (Å²) in [6.45, 7) is 4.45. The van der Waals surface area contributed by atoms with E-state index < -0.39 is 0 Å². The molecule has 2 aromatic rings. The van der Waals surface area contributed by atoms with Crippen LogP contribution in [0.4, 0.5) is 0 Å². The highest BCUT2D eigenvalue weighted by atomic mass is 32.1. The number of thiazole rings is 1. The van der Waals surface area contributed by atoms with Crippen molar-refractivity contribution in [1.29, 1.82) is 0 Å². The number of nitrogens with zero attached hydrogens (tertiary/aromatic N) is 3. The van der Waals surface area contributed by atoms with Crippen molar-refractivity contribution >= 4 is 11.3 Å². The van der Waals surface area contributed by atoms with Crippen LogP contribution < -0.4 is 5.73 Å². The summed E-state index contributed by atoms with van der Waals surface area (Å²) in [5.74, 6) is 1.38. The van der Waals surface area contributed by atoms with Crippen molar-refractivity contribution in [3.63, 3.8) is 0 Å². The Morgan fingerprint density at radius 2 is 2.31 bits per heavy atom. The zero-order valence-electron chi connectivity index (χ0n) is 9.30. The average Bonchev–Trinajstić information content (AvgIpc) is 2.87. The van der Waals surface area contributed by atoms with Crippen LogP contribution in [0.5, 0.6) is 0 Å². The molecule has 0 aliphatic heterocycles. The second-order valence-corrected chi connectivity index (χ2v) is 4.69. The predicted octanol–water partition coefficient (Wildman–Crippen LogP) is 1.49. The molecule has 0 radical (unpaired) electrons. The Morgan fingerprint density at radius 1 is 1.50 bits per heavy atom. The van der Waals surface area contributed by atoms with Crippen LogP contribution in [-0.2, 0) is 6.42 Å². The van der Waals surface area contributed by atoms with Crippen LogP contribution in [0.25, 0.3) is 0 Å². The van der Waals surface area contributed by atoms with E-state index in [-0.39, 0.29) is 5.92 Å². The van der Waals surface area contributed by atoms with E-state index in [0.717, 1.165) is 10.7 Å². The van der Waals surface area contributed by atoms with Crippen LogP contribution in [0.1, 0.15) is 35.3 Å².